The van der Waals surface area contributed by atoms with Crippen molar-refractivity contribution in [1.82, 2.24) is 14.6 Å². The van der Waals surface area contributed by atoms with Crippen molar-refractivity contribution in [2.24, 2.45) is 0 Å². The average molecular weight is 377 g/mol. The van der Waals surface area contributed by atoms with Crippen molar-refractivity contribution in [3.05, 3.63) is 38.6 Å². The first-order valence-corrected chi connectivity index (χ1v) is 7.01. The van der Waals surface area contributed by atoms with Gasteiger partial charge in [-0.05, 0) is 50.1 Å². The van der Waals surface area contributed by atoms with Gasteiger partial charge in [-0.25, -0.2) is 13.9 Å². The van der Waals surface area contributed by atoms with Gasteiger partial charge in [0.15, 0.2) is 3.92 Å². The van der Waals surface area contributed by atoms with E-state index >= 15 is 0 Å². The lowest BCUT2D eigenvalue weighted by atomic mass is 10.2. The van der Waals surface area contributed by atoms with Crippen LogP contribution in [0.3, 0.4) is 0 Å². The van der Waals surface area contributed by atoms with Crippen molar-refractivity contribution in [2.45, 2.75) is 0 Å². The molecule has 0 unspecified atom stereocenters. The van der Waals surface area contributed by atoms with Gasteiger partial charge < -0.3 is 0 Å². The zero-order valence-corrected chi connectivity index (χ0v) is 12.2. The van der Waals surface area contributed by atoms with Crippen LogP contribution in [0.15, 0.2) is 32.8 Å². The van der Waals surface area contributed by atoms with Gasteiger partial charge in [-0.1, -0.05) is 11.3 Å². The van der Waals surface area contributed by atoms with Crippen molar-refractivity contribution in [3.63, 3.8) is 0 Å². The second kappa shape index (κ2) is 4.15. The summed E-state index contributed by atoms with van der Waals surface area (Å²) >= 11 is 7.90. The van der Waals surface area contributed by atoms with Gasteiger partial charge in [0, 0.05) is 5.56 Å². The quantitative estimate of drug-likeness (QED) is 0.639. The molecule has 0 bridgehead atoms. The van der Waals surface area contributed by atoms with E-state index in [1.165, 1.54) is 17.4 Å². The van der Waals surface area contributed by atoms with Crippen molar-refractivity contribution in [1.29, 1.82) is 0 Å². The zero-order chi connectivity index (χ0) is 12.0. The fraction of sp³-hybridized carbons (Fsp3) is 0. The zero-order valence-electron chi connectivity index (χ0n) is 8.19. The topological polar surface area (TPSA) is 30.2 Å². The summed E-state index contributed by atoms with van der Waals surface area (Å²) in [4.78, 5) is 5.22. The summed E-state index contributed by atoms with van der Waals surface area (Å²) in [6, 6.07) is 4.81. The normalized spacial score (nSPS) is 11.2. The Morgan fingerprint density at radius 1 is 1.29 bits per heavy atom. The molecule has 0 fully saturated rings. The SMILES string of the molecule is Fc1ccc(-c2cn3nc(Br)sc3n2)cc1Br. The lowest BCUT2D eigenvalue weighted by Crippen LogP contribution is -1.82. The predicted octanol–water partition coefficient (Wildman–Crippen LogP) is 4.12. The number of benzene rings is 1. The summed E-state index contributed by atoms with van der Waals surface area (Å²) in [6.07, 6.45) is 1.82. The number of hydrogen-bond acceptors (Lipinski definition) is 3. The molecular weight excluding hydrogens is 373 g/mol. The fourth-order valence-electron chi connectivity index (χ4n) is 1.47. The first kappa shape index (κ1) is 11.3. The molecule has 0 aliphatic carbocycles. The van der Waals surface area contributed by atoms with Gasteiger partial charge >= 0.3 is 0 Å². The van der Waals surface area contributed by atoms with E-state index in [9.17, 15) is 4.39 Å². The monoisotopic (exact) mass is 375 g/mol. The molecule has 0 atom stereocenters. The summed E-state index contributed by atoms with van der Waals surface area (Å²) in [7, 11) is 0. The van der Waals surface area contributed by atoms with Gasteiger partial charge in [0.2, 0.25) is 4.96 Å². The van der Waals surface area contributed by atoms with Crippen LogP contribution in [0.4, 0.5) is 4.39 Å². The van der Waals surface area contributed by atoms with E-state index in [0.29, 0.717) is 4.47 Å². The molecule has 0 saturated heterocycles. The third-order valence-electron chi connectivity index (χ3n) is 2.23. The van der Waals surface area contributed by atoms with Gasteiger partial charge in [0.25, 0.3) is 0 Å². The Morgan fingerprint density at radius 2 is 2.12 bits per heavy atom. The minimum Gasteiger partial charge on any atom is -0.217 e. The van der Waals surface area contributed by atoms with Crippen LogP contribution in [-0.4, -0.2) is 14.6 Å². The third-order valence-corrected chi connectivity index (χ3v) is 4.20. The standard InChI is InChI=1S/C10H4Br2FN3S/c11-6-3-5(1-2-7(6)13)8-4-16-10(14-8)17-9(12)15-16/h1-4H. The van der Waals surface area contributed by atoms with E-state index in [-0.39, 0.29) is 5.82 Å². The lowest BCUT2D eigenvalue weighted by Gasteiger charge is -1.98. The Labute approximate surface area is 117 Å². The molecule has 3 aromatic rings. The largest absolute Gasteiger partial charge is 0.217 e. The van der Waals surface area contributed by atoms with E-state index in [0.717, 1.165) is 20.1 Å². The number of fused-ring (bicyclic) bond motifs is 1. The maximum Gasteiger partial charge on any atom is 0.213 e. The second-order valence-electron chi connectivity index (χ2n) is 3.34. The smallest absolute Gasteiger partial charge is 0.213 e. The first-order valence-electron chi connectivity index (χ1n) is 4.60. The van der Waals surface area contributed by atoms with Crippen LogP contribution in [0.5, 0.6) is 0 Å². The summed E-state index contributed by atoms with van der Waals surface area (Å²) in [5.41, 5.74) is 1.63. The van der Waals surface area contributed by atoms with Crippen LogP contribution in [0.1, 0.15) is 0 Å². The molecule has 3 rings (SSSR count). The van der Waals surface area contributed by atoms with Crippen LogP contribution >= 0.6 is 43.2 Å². The van der Waals surface area contributed by atoms with Crippen LogP contribution < -0.4 is 0 Å². The highest BCUT2D eigenvalue weighted by Crippen LogP contribution is 2.27. The molecule has 2 aromatic heterocycles. The van der Waals surface area contributed by atoms with E-state index in [1.807, 2.05) is 6.20 Å². The van der Waals surface area contributed by atoms with Crippen molar-refractivity contribution < 1.29 is 4.39 Å². The van der Waals surface area contributed by atoms with Gasteiger partial charge in [-0.15, -0.1) is 5.10 Å². The Hall–Kier alpha value is -0.790. The number of rotatable bonds is 1. The molecule has 7 heteroatoms. The van der Waals surface area contributed by atoms with Crippen molar-refractivity contribution in [3.8, 4) is 11.3 Å². The highest BCUT2D eigenvalue weighted by Gasteiger charge is 2.09. The summed E-state index contributed by atoms with van der Waals surface area (Å²) < 4.78 is 16.0. The van der Waals surface area contributed by atoms with E-state index < -0.39 is 0 Å². The first-order chi connectivity index (χ1) is 8.13. The lowest BCUT2D eigenvalue weighted by molar-refractivity contribution is 0.621. The number of nitrogens with zero attached hydrogens (tertiary/aromatic N) is 3. The van der Waals surface area contributed by atoms with Gasteiger partial charge in [-0.3, -0.25) is 0 Å². The Bertz CT molecular complexity index is 675. The second-order valence-corrected chi connectivity index (χ2v) is 6.42. The Morgan fingerprint density at radius 3 is 2.82 bits per heavy atom. The minimum absolute atomic E-state index is 0.282. The van der Waals surface area contributed by atoms with Crippen LogP contribution in [0, 0.1) is 5.82 Å². The molecular formula is C10H4Br2FN3S. The molecule has 1 aromatic carbocycles. The molecule has 0 radical (unpaired) electrons. The fourth-order valence-corrected chi connectivity index (χ4v) is 3.06. The maximum atomic E-state index is 13.1. The number of aromatic nitrogens is 3. The van der Waals surface area contributed by atoms with E-state index in [1.54, 1.807) is 16.6 Å². The molecule has 0 N–H and O–H groups in total. The average Bonchev–Trinajstić information content (AvgIpc) is 2.79. The highest BCUT2D eigenvalue weighted by atomic mass is 79.9. The molecule has 3 nitrogen and oxygen atoms in total. The molecule has 0 aliphatic heterocycles. The maximum absolute atomic E-state index is 13.1. The molecule has 2 heterocycles. The van der Waals surface area contributed by atoms with Gasteiger partial charge in [-0.2, -0.15) is 0 Å². The van der Waals surface area contributed by atoms with Crippen molar-refractivity contribution in [2.75, 3.05) is 0 Å². The summed E-state index contributed by atoms with van der Waals surface area (Å²) in [5.74, 6) is -0.282. The highest BCUT2D eigenvalue weighted by molar-refractivity contribution is 9.11. The molecule has 0 aliphatic rings. The number of imidazole rings is 1. The minimum atomic E-state index is -0.282. The summed E-state index contributed by atoms with van der Waals surface area (Å²) in [6.45, 7) is 0. The van der Waals surface area contributed by atoms with E-state index in [2.05, 4.69) is 41.9 Å². The molecule has 0 spiro atoms. The van der Waals surface area contributed by atoms with Gasteiger partial charge in [0.05, 0.1) is 16.4 Å². The molecule has 0 amide bonds. The Kier molecular flexibility index (Phi) is 2.76. The predicted molar refractivity (Wildman–Crippen MR) is 71.7 cm³/mol. The number of halogens is 3. The molecule has 86 valence electrons. The van der Waals surface area contributed by atoms with Gasteiger partial charge in [0.1, 0.15) is 5.82 Å². The van der Waals surface area contributed by atoms with Crippen LogP contribution in [0.25, 0.3) is 16.2 Å². The summed E-state index contributed by atoms with van der Waals surface area (Å²) in [5, 5.41) is 4.20. The third kappa shape index (κ3) is 2.02. The number of hydrogen-bond donors (Lipinski definition) is 0. The van der Waals surface area contributed by atoms with Crippen molar-refractivity contribution >= 4 is 48.2 Å². The van der Waals surface area contributed by atoms with E-state index in [4.69, 9.17) is 0 Å². The Balaban J connectivity index is 2.13. The van der Waals surface area contributed by atoms with Crippen LogP contribution in [-0.2, 0) is 0 Å². The van der Waals surface area contributed by atoms with Crippen LogP contribution in [0.2, 0.25) is 0 Å². The molecule has 17 heavy (non-hydrogen) atoms. The molecule has 0 saturated carbocycles.